The SMILES string of the molecule is Cc1cc(C)c(-c2cc(NC(=O)CSC3CCCC3)n(-c3ccccc3)n2)cc1C. The standard InChI is InChI=1S/C25H29N3OS/c1-17-13-19(3)22(14-18(17)2)23-15-24(28(27-23)20-9-5-4-6-10-20)26-25(29)16-30-21-11-7-8-12-21/h4-6,9-10,13-15,21H,7-8,11-12,16H2,1-3H3,(H,26,29). The van der Waals surface area contributed by atoms with Crippen LogP contribution in [0, 0.1) is 20.8 Å². The van der Waals surface area contributed by atoms with Gasteiger partial charge in [0.1, 0.15) is 5.82 Å². The quantitative estimate of drug-likeness (QED) is 0.527. The largest absolute Gasteiger partial charge is 0.310 e. The first-order chi connectivity index (χ1) is 14.5. The zero-order chi connectivity index (χ0) is 21.1. The maximum Gasteiger partial charge on any atom is 0.235 e. The monoisotopic (exact) mass is 419 g/mol. The molecule has 4 nitrogen and oxygen atoms in total. The smallest absolute Gasteiger partial charge is 0.235 e. The van der Waals surface area contributed by atoms with E-state index < -0.39 is 0 Å². The lowest BCUT2D eigenvalue weighted by atomic mass is 9.99. The van der Waals surface area contributed by atoms with Gasteiger partial charge in [-0.1, -0.05) is 37.1 Å². The van der Waals surface area contributed by atoms with Crippen LogP contribution >= 0.6 is 11.8 Å². The predicted octanol–water partition coefficient (Wildman–Crippen LogP) is 6.08. The molecule has 1 aliphatic carbocycles. The van der Waals surface area contributed by atoms with Gasteiger partial charge in [0, 0.05) is 16.9 Å². The summed E-state index contributed by atoms with van der Waals surface area (Å²) in [5.41, 5.74) is 6.61. The van der Waals surface area contributed by atoms with Gasteiger partial charge in [0.2, 0.25) is 5.91 Å². The maximum absolute atomic E-state index is 12.7. The molecule has 3 aromatic rings. The van der Waals surface area contributed by atoms with E-state index in [0.717, 1.165) is 16.9 Å². The Labute approximate surface area is 183 Å². The third-order valence-electron chi connectivity index (χ3n) is 5.85. The molecule has 0 bridgehead atoms. The number of benzene rings is 2. The number of hydrogen-bond donors (Lipinski definition) is 1. The summed E-state index contributed by atoms with van der Waals surface area (Å²) in [6.45, 7) is 6.36. The molecule has 1 heterocycles. The number of nitrogens with zero attached hydrogens (tertiary/aromatic N) is 2. The number of amides is 1. The number of carbonyl (C=O) groups excluding carboxylic acids is 1. The summed E-state index contributed by atoms with van der Waals surface area (Å²) in [4.78, 5) is 12.7. The summed E-state index contributed by atoms with van der Waals surface area (Å²) in [6, 6.07) is 16.3. The summed E-state index contributed by atoms with van der Waals surface area (Å²) >= 11 is 1.78. The minimum absolute atomic E-state index is 0.0346. The fourth-order valence-corrected chi connectivity index (χ4v) is 5.16. The Kier molecular flexibility index (Phi) is 6.28. The Morgan fingerprint density at radius 3 is 2.47 bits per heavy atom. The lowest BCUT2D eigenvalue weighted by Crippen LogP contribution is -2.18. The second kappa shape index (κ2) is 9.09. The van der Waals surface area contributed by atoms with Gasteiger partial charge in [-0.15, -0.1) is 11.8 Å². The van der Waals surface area contributed by atoms with E-state index in [1.807, 2.05) is 41.1 Å². The summed E-state index contributed by atoms with van der Waals surface area (Å²) in [6.07, 6.45) is 5.05. The van der Waals surface area contributed by atoms with Crippen LogP contribution < -0.4 is 5.32 Å². The zero-order valence-corrected chi connectivity index (χ0v) is 18.8. The van der Waals surface area contributed by atoms with E-state index in [-0.39, 0.29) is 5.91 Å². The number of anilines is 1. The molecule has 1 aromatic heterocycles. The fraction of sp³-hybridized carbons (Fsp3) is 0.360. The molecule has 0 saturated heterocycles. The van der Waals surface area contributed by atoms with Crippen molar-refractivity contribution in [1.29, 1.82) is 0 Å². The lowest BCUT2D eigenvalue weighted by molar-refractivity contribution is -0.113. The number of para-hydroxylation sites is 1. The van der Waals surface area contributed by atoms with Gasteiger partial charge in [-0.2, -0.15) is 5.10 Å². The topological polar surface area (TPSA) is 46.9 Å². The van der Waals surface area contributed by atoms with E-state index in [2.05, 4.69) is 38.2 Å². The Morgan fingerprint density at radius 1 is 1.03 bits per heavy atom. The minimum atomic E-state index is 0.0346. The summed E-state index contributed by atoms with van der Waals surface area (Å²) < 4.78 is 1.84. The lowest BCUT2D eigenvalue weighted by Gasteiger charge is -2.10. The highest BCUT2D eigenvalue weighted by atomic mass is 32.2. The van der Waals surface area contributed by atoms with Crippen LogP contribution in [0.25, 0.3) is 16.9 Å². The van der Waals surface area contributed by atoms with Gasteiger partial charge in [0.15, 0.2) is 0 Å². The number of carbonyl (C=O) groups is 1. The number of aromatic nitrogens is 2. The van der Waals surface area contributed by atoms with Crippen LogP contribution in [0.5, 0.6) is 0 Å². The molecule has 2 aromatic carbocycles. The minimum Gasteiger partial charge on any atom is -0.310 e. The molecule has 30 heavy (non-hydrogen) atoms. The average Bonchev–Trinajstić information content (AvgIpc) is 3.40. The van der Waals surface area contributed by atoms with Crippen molar-refractivity contribution in [3.05, 3.63) is 65.2 Å². The molecule has 0 spiro atoms. The fourth-order valence-electron chi connectivity index (χ4n) is 4.03. The van der Waals surface area contributed by atoms with Gasteiger partial charge in [-0.3, -0.25) is 4.79 Å². The highest BCUT2D eigenvalue weighted by Gasteiger charge is 2.19. The van der Waals surface area contributed by atoms with Gasteiger partial charge in [-0.05, 0) is 68.5 Å². The van der Waals surface area contributed by atoms with Crippen LogP contribution in [0.1, 0.15) is 42.4 Å². The zero-order valence-electron chi connectivity index (χ0n) is 17.9. The van der Waals surface area contributed by atoms with E-state index in [1.54, 1.807) is 11.8 Å². The molecular weight excluding hydrogens is 390 g/mol. The second-order valence-corrected chi connectivity index (χ2v) is 9.47. The van der Waals surface area contributed by atoms with E-state index >= 15 is 0 Å². The van der Waals surface area contributed by atoms with Crippen LogP contribution in [-0.4, -0.2) is 26.7 Å². The number of thioether (sulfide) groups is 1. The molecule has 4 rings (SSSR count). The molecule has 0 radical (unpaired) electrons. The first kappa shape index (κ1) is 20.7. The van der Waals surface area contributed by atoms with Crippen LogP contribution in [0.3, 0.4) is 0 Å². The molecule has 156 valence electrons. The predicted molar refractivity (Wildman–Crippen MR) is 127 cm³/mol. The van der Waals surface area contributed by atoms with Gasteiger partial charge in [0.25, 0.3) is 0 Å². The first-order valence-electron chi connectivity index (χ1n) is 10.7. The molecule has 1 N–H and O–H groups in total. The summed E-state index contributed by atoms with van der Waals surface area (Å²) in [5.74, 6) is 1.24. The Balaban J connectivity index is 1.63. The molecule has 1 saturated carbocycles. The molecule has 1 aliphatic rings. The van der Waals surface area contributed by atoms with Crippen molar-refractivity contribution >= 4 is 23.5 Å². The Bertz CT molecular complexity index is 1040. The normalized spacial score (nSPS) is 14.2. The molecule has 1 fully saturated rings. The van der Waals surface area contributed by atoms with Gasteiger partial charge in [0.05, 0.1) is 17.1 Å². The average molecular weight is 420 g/mol. The number of nitrogens with one attached hydrogen (secondary N) is 1. The molecule has 0 atom stereocenters. The molecule has 5 heteroatoms. The molecule has 0 unspecified atom stereocenters. The van der Waals surface area contributed by atoms with Gasteiger partial charge in [-0.25, -0.2) is 4.68 Å². The Hall–Kier alpha value is -2.53. The maximum atomic E-state index is 12.7. The molecular formula is C25H29N3OS. The third kappa shape index (κ3) is 4.62. The third-order valence-corrected chi connectivity index (χ3v) is 7.22. The van der Waals surface area contributed by atoms with Crippen molar-refractivity contribution in [2.45, 2.75) is 51.7 Å². The molecule has 1 amide bonds. The van der Waals surface area contributed by atoms with E-state index in [0.29, 0.717) is 16.8 Å². The van der Waals surface area contributed by atoms with Gasteiger partial charge >= 0.3 is 0 Å². The number of aryl methyl sites for hydroxylation is 3. The Morgan fingerprint density at radius 2 is 1.73 bits per heavy atom. The summed E-state index contributed by atoms with van der Waals surface area (Å²) in [7, 11) is 0. The van der Waals surface area contributed by atoms with Crippen molar-refractivity contribution in [2.24, 2.45) is 0 Å². The van der Waals surface area contributed by atoms with Crippen LogP contribution in [-0.2, 0) is 4.79 Å². The van der Waals surface area contributed by atoms with Crippen molar-refractivity contribution in [3.8, 4) is 16.9 Å². The molecule has 0 aliphatic heterocycles. The van der Waals surface area contributed by atoms with Crippen LogP contribution in [0.15, 0.2) is 48.5 Å². The van der Waals surface area contributed by atoms with E-state index in [1.165, 1.54) is 42.4 Å². The van der Waals surface area contributed by atoms with E-state index in [9.17, 15) is 4.79 Å². The van der Waals surface area contributed by atoms with E-state index in [4.69, 9.17) is 5.10 Å². The van der Waals surface area contributed by atoms with Crippen molar-refractivity contribution in [3.63, 3.8) is 0 Å². The van der Waals surface area contributed by atoms with Crippen LogP contribution in [0.2, 0.25) is 0 Å². The van der Waals surface area contributed by atoms with Gasteiger partial charge < -0.3 is 5.32 Å². The van der Waals surface area contributed by atoms with Crippen molar-refractivity contribution in [2.75, 3.05) is 11.1 Å². The number of hydrogen-bond acceptors (Lipinski definition) is 3. The van der Waals surface area contributed by atoms with Crippen molar-refractivity contribution < 1.29 is 4.79 Å². The first-order valence-corrected chi connectivity index (χ1v) is 11.7. The highest BCUT2D eigenvalue weighted by molar-refractivity contribution is 8.00. The summed E-state index contributed by atoms with van der Waals surface area (Å²) in [5, 5.41) is 8.61. The van der Waals surface area contributed by atoms with Crippen molar-refractivity contribution in [1.82, 2.24) is 9.78 Å². The highest BCUT2D eigenvalue weighted by Crippen LogP contribution is 2.31. The van der Waals surface area contributed by atoms with Crippen LogP contribution in [0.4, 0.5) is 5.82 Å². The second-order valence-electron chi connectivity index (χ2n) is 8.18. The number of rotatable bonds is 6.